The molecule has 0 saturated heterocycles. The Hall–Kier alpha value is -3.01. The Morgan fingerprint density at radius 1 is 1.09 bits per heavy atom. The van der Waals surface area contributed by atoms with Crippen LogP contribution in [0.15, 0.2) is 18.2 Å². The van der Waals surface area contributed by atoms with Gasteiger partial charge in [0.2, 0.25) is 5.91 Å². The summed E-state index contributed by atoms with van der Waals surface area (Å²) in [5.41, 5.74) is 1.93. The highest BCUT2D eigenvalue weighted by molar-refractivity contribution is 5.93. The predicted octanol–water partition coefficient (Wildman–Crippen LogP) is 5.01. The zero-order chi connectivity index (χ0) is 26.9. The van der Waals surface area contributed by atoms with Crippen LogP contribution in [0.1, 0.15) is 90.5 Å². The molecule has 0 aromatic heterocycles. The number of rotatable bonds is 10. The van der Waals surface area contributed by atoms with Crippen LogP contribution in [0.25, 0.3) is 0 Å². The third-order valence-electron chi connectivity index (χ3n) is 5.99. The summed E-state index contributed by atoms with van der Waals surface area (Å²) < 4.78 is 5.38. The number of terminal acetylenes is 1. The standard InChI is InChI=1S/C28H43N3O4/c1-11-14-21(7)29-25(32)24(22-16-15-19(5)20(6)17-22)31(13-3)26(33)23(18(4)12-2)30-27(34)35-28(8,9)10/h3,15-18,21,23-24H,11-12,14H2,1-2,4-10H3,(H,29,32)(H,30,34). The van der Waals surface area contributed by atoms with Gasteiger partial charge in [-0.05, 0) is 70.6 Å². The van der Waals surface area contributed by atoms with E-state index in [1.165, 1.54) is 0 Å². The van der Waals surface area contributed by atoms with Crippen LogP contribution < -0.4 is 10.6 Å². The van der Waals surface area contributed by atoms with Gasteiger partial charge in [-0.1, -0.05) is 58.2 Å². The van der Waals surface area contributed by atoms with Gasteiger partial charge in [-0.25, -0.2) is 4.79 Å². The quantitative estimate of drug-likeness (QED) is 0.360. The summed E-state index contributed by atoms with van der Waals surface area (Å²) in [6.45, 7) is 16.9. The average Bonchev–Trinajstić information content (AvgIpc) is 2.75. The number of carbonyl (C=O) groups is 3. The van der Waals surface area contributed by atoms with E-state index in [1.807, 2.05) is 59.7 Å². The molecule has 0 aliphatic heterocycles. The van der Waals surface area contributed by atoms with Gasteiger partial charge in [0.25, 0.3) is 5.91 Å². The molecule has 0 heterocycles. The molecule has 4 unspecified atom stereocenters. The molecule has 7 nitrogen and oxygen atoms in total. The summed E-state index contributed by atoms with van der Waals surface area (Å²) in [6.07, 6.45) is 7.45. The summed E-state index contributed by atoms with van der Waals surface area (Å²) in [6, 6.07) is 5.95. The van der Waals surface area contributed by atoms with Crippen molar-refractivity contribution >= 4 is 17.9 Å². The van der Waals surface area contributed by atoms with E-state index in [0.717, 1.165) is 28.9 Å². The molecule has 35 heavy (non-hydrogen) atoms. The summed E-state index contributed by atoms with van der Waals surface area (Å²) in [7, 11) is 0. The topological polar surface area (TPSA) is 87.7 Å². The van der Waals surface area contributed by atoms with Crippen molar-refractivity contribution in [1.82, 2.24) is 15.5 Å². The fraction of sp³-hybridized carbons (Fsp3) is 0.607. The van der Waals surface area contributed by atoms with Crippen LogP contribution in [-0.4, -0.2) is 40.5 Å². The molecule has 0 bridgehead atoms. The van der Waals surface area contributed by atoms with Gasteiger partial charge in [0, 0.05) is 12.1 Å². The van der Waals surface area contributed by atoms with Crippen molar-refractivity contribution in [3.63, 3.8) is 0 Å². The Bertz CT molecular complexity index is 929. The van der Waals surface area contributed by atoms with E-state index in [2.05, 4.69) is 16.7 Å². The second kappa shape index (κ2) is 13.2. The first-order valence-electron chi connectivity index (χ1n) is 12.4. The minimum Gasteiger partial charge on any atom is -0.444 e. The number of aryl methyl sites for hydroxylation is 2. The van der Waals surface area contributed by atoms with Crippen molar-refractivity contribution < 1.29 is 19.1 Å². The number of nitrogens with zero attached hydrogens (tertiary/aromatic N) is 1. The maximum atomic E-state index is 13.8. The summed E-state index contributed by atoms with van der Waals surface area (Å²) >= 11 is 0. The lowest BCUT2D eigenvalue weighted by molar-refractivity contribution is -0.139. The molecule has 3 amide bonds. The first-order valence-corrected chi connectivity index (χ1v) is 12.4. The normalized spacial score (nSPS) is 14.6. The Kier molecular flexibility index (Phi) is 11.3. The zero-order valence-electron chi connectivity index (χ0n) is 22.8. The predicted molar refractivity (Wildman–Crippen MR) is 139 cm³/mol. The van der Waals surface area contributed by atoms with Crippen LogP contribution in [0, 0.1) is 32.2 Å². The number of carbonyl (C=O) groups excluding carboxylic acids is 3. The van der Waals surface area contributed by atoms with Crippen molar-refractivity contribution in [3.05, 3.63) is 34.9 Å². The van der Waals surface area contributed by atoms with Gasteiger partial charge in [0.15, 0.2) is 0 Å². The maximum absolute atomic E-state index is 13.8. The fourth-order valence-corrected chi connectivity index (χ4v) is 3.71. The summed E-state index contributed by atoms with van der Waals surface area (Å²) in [5.74, 6) is -1.14. The van der Waals surface area contributed by atoms with Crippen molar-refractivity contribution in [2.45, 2.75) is 105 Å². The molecule has 2 N–H and O–H groups in total. The molecule has 194 valence electrons. The van der Waals surface area contributed by atoms with Gasteiger partial charge in [-0.3, -0.25) is 14.5 Å². The average molecular weight is 486 g/mol. The van der Waals surface area contributed by atoms with Crippen LogP contribution >= 0.6 is 0 Å². The number of hydrogen-bond acceptors (Lipinski definition) is 4. The van der Waals surface area contributed by atoms with E-state index in [1.54, 1.807) is 20.8 Å². The van der Waals surface area contributed by atoms with Gasteiger partial charge < -0.3 is 15.4 Å². The third kappa shape index (κ3) is 8.93. The van der Waals surface area contributed by atoms with Crippen molar-refractivity contribution in [2.24, 2.45) is 5.92 Å². The molecular weight excluding hydrogens is 442 g/mol. The molecule has 0 aliphatic carbocycles. The van der Waals surface area contributed by atoms with Crippen LogP contribution in [-0.2, 0) is 14.3 Å². The van der Waals surface area contributed by atoms with Crippen LogP contribution in [0.3, 0.4) is 0 Å². The molecule has 7 heteroatoms. The zero-order valence-corrected chi connectivity index (χ0v) is 22.8. The molecule has 4 atom stereocenters. The highest BCUT2D eigenvalue weighted by Gasteiger charge is 2.38. The lowest BCUT2D eigenvalue weighted by atomic mass is 9.95. The van der Waals surface area contributed by atoms with E-state index >= 15 is 0 Å². The minimum absolute atomic E-state index is 0.0819. The molecule has 0 spiro atoms. The second-order valence-corrected chi connectivity index (χ2v) is 10.3. The maximum Gasteiger partial charge on any atom is 0.408 e. The molecular formula is C28H43N3O4. The van der Waals surface area contributed by atoms with Crippen LogP contribution in [0.2, 0.25) is 0 Å². The van der Waals surface area contributed by atoms with E-state index in [0.29, 0.717) is 12.0 Å². The number of ether oxygens (including phenoxy) is 1. The largest absolute Gasteiger partial charge is 0.444 e. The Morgan fingerprint density at radius 3 is 2.20 bits per heavy atom. The Balaban J connectivity index is 3.45. The Morgan fingerprint density at radius 2 is 1.71 bits per heavy atom. The molecule has 1 aromatic carbocycles. The summed E-state index contributed by atoms with van der Waals surface area (Å²) in [5, 5.41) is 5.68. The van der Waals surface area contributed by atoms with E-state index < -0.39 is 29.7 Å². The van der Waals surface area contributed by atoms with Gasteiger partial charge >= 0.3 is 6.09 Å². The SMILES string of the molecule is C#CN(C(=O)C(NC(=O)OC(C)(C)C)C(C)CC)C(C(=O)NC(C)CCC)c1ccc(C)c(C)c1. The van der Waals surface area contributed by atoms with E-state index in [9.17, 15) is 14.4 Å². The lowest BCUT2D eigenvalue weighted by Crippen LogP contribution is -2.54. The summed E-state index contributed by atoms with van der Waals surface area (Å²) in [4.78, 5) is 40.9. The monoisotopic (exact) mass is 485 g/mol. The smallest absolute Gasteiger partial charge is 0.408 e. The number of alkyl carbamates (subject to hydrolysis) is 1. The van der Waals surface area contributed by atoms with Gasteiger partial charge in [0.05, 0.1) is 0 Å². The molecule has 0 saturated carbocycles. The first kappa shape index (κ1) is 30.0. The highest BCUT2D eigenvalue weighted by Crippen LogP contribution is 2.26. The van der Waals surface area contributed by atoms with Crippen molar-refractivity contribution in [2.75, 3.05) is 0 Å². The van der Waals surface area contributed by atoms with E-state index in [4.69, 9.17) is 11.2 Å². The molecule has 1 rings (SSSR count). The molecule has 1 aromatic rings. The van der Waals surface area contributed by atoms with Gasteiger partial charge in [-0.15, -0.1) is 0 Å². The van der Waals surface area contributed by atoms with E-state index in [-0.39, 0.29) is 17.9 Å². The molecule has 0 fully saturated rings. The minimum atomic E-state index is -1.04. The molecule has 0 aliphatic rings. The highest BCUT2D eigenvalue weighted by atomic mass is 16.6. The van der Waals surface area contributed by atoms with Gasteiger partial charge in [-0.2, -0.15) is 0 Å². The van der Waals surface area contributed by atoms with Crippen molar-refractivity contribution in [1.29, 1.82) is 0 Å². The number of hydrogen-bond donors (Lipinski definition) is 2. The Labute approximate surface area is 211 Å². The second-order valence-electron chi connectivity index (χ2n) is 10.3. The fourth-order valence-electron chi connectivity index (χ4n) is 3.71. The van der Waals surface area contributed by atoms with Crippen molar-refractivity contribution in [3.8, 4) is 12.5 Å². The molecule has 0 radical (unpaired) electrons. The lowest BCUT2D eigenvalue weighted by Gasteiger charge is -2.33. The number of nitrogens with one attached hydrogen (secondary N) is 2. The number of benzene rings is 1. The van der Waals surface area contributed by atoms with Crippen LogP contribution in [0.5, 0.6) is 0 Å². The van der Waals surface area contributed by atoms with Gasteiger partial charge in [0.1, 0.15) is 17.7 Å². The third-order valence-corrected chi connectivity index (χ3v) is 5.99. The van der Waals surface area contributed by atoms with Crippen LogP contribution in [0.4, 0.5) is 4.79 Å². The first-order chi connectivity index (χ1) is 16.2. The number of amides is 3.